The first-order valence-corrected chi connectivity index (χ1v) is 14.9. The van der Waals surface area contributed by atoms with Gasteiger partial charge < -0.3 is 15.0 Å². The number of rotatable bonds is 14. The van der Waals surface area contributed by atoms with Crippen LogP contribution in [0, 0.1) is 0 Å². The van der Waals surface area contributed by atoms with Crippen molar-refractivity contribution in [3.8, 4) is 5.75 Å². The van der Waals surface area contributed by atoms with E-state index in [9.17, 15) is 18.0 Å². The molecule has 0 fully saturated rings. The van der Waals surface area contributed by atoms with Gasteiger partial charge in [-0.2, -0.15) is 0 Å². The van der Waals surface area contributed by atoms with Gasteiger partial charge in [-0.25, -0.2) is 8.42 Å². The Morgan fingerprint density at radius 1 is 0.897 bits per heavy atom. The van der Waals surface area contributed by atoms with Gasteiger partial charge in [-0.3, -0.25) is 13.9 Å². The smallest absolute Gasteiger partial charge is 0.244 e. The zero-order valence-electron chi connectivity index (χ0n) is 22.7. The second-order valence-corrected chi connectivity index (χ2v) is 11.3. The van der Waals surface area contributed by atoms with Crippen LogP contribution in [0.1, 0.15) is 37.8 Å². The largest absolute Gasteiger partial charge is 0.489 e. The highest BCUT2D eigenvalue weighted by molar-refractivity contribution is 7.92. The minimum Gasteiger partial charge on any atom is -0.489 e. The fourth-order valence-corrected chi connectivity index (χ4v) is 4.81. The summed E-state index contributed by atoms with van der Waals surface area (Å²) in [5.41, 5.74) is 2.18. The van der Waals surface area contributed by atoms with E-state index in [1.165, 1.54) is 4.90 Å². The van der Waals surface area contributed by atoms with Crippen LogP contribution in [0.4, 0.5) is 5.69 Å². The number of hydrogen-bond acceptors (Lipinski definition) is 5. The number of amides is 2. The van der Waals surface area contributed by atoms with Crippen LogP contribution in [0.15, 0.2) is 84.9 Å². The van der Waals surface area contributed by atoms with Gasteiger partial charge in [0.1, 0.15) is 24.9 Å². The van der Waals surface area contributed by atoms with Crippen LogP contribution >= 0.6 is 0 Å². The summed E-state index contributed by atoms with van der Waals surface area (Å²) < 4.78 is 32.4. The normalized spacial score (nSPS) is 11.9. The lowest BCUT2D eigenvalue weighted by molar-refractivity contribution is -0.139. The summed E-state index contributed by atoms with van der Waals surface area (Å²) in [7, 11) is -3.81. The molecule has 208 valence electrons. The topological polar surface area (TPSA) is 96.0 Å². The Bertz CT molecular complexity index is 1300. The summed E-state index contributed by atoms with van der Waals surface area (Å²) in [6.45, 7) is 4.31. The van der Waals surface area contributed by atoms with E-state index in [4.69, 9.17) is 4.74 Å². The third-order valence-corrected chi connectivity index (χ3v) is 7.39. The van der Waals surface area contributed by atoms with Crippen LogP contribution in [0.5, 0.6) is 5.75 Å². The van der Waals surface area contributed by atoms with Crippen molar-refractivity contribution in [3.63, 3.8) is 0 Å². The van der Waals surface area contributed by atoms with E-state index >= 15 is 0 Å². The second kappa shape index (κ2) is 14.3. The van der Waals surface area contributed by atoms with E-state index in [2.05, 4.69) is 5.32 Å². The van der Waals surface area contributed by atoms with Crippen LogP contribution in [0.25, 0.3) is 0 Å². The predicted octanol–water partition coefficient (Wildman–Crippen LogP) is 4.37. The maximum Gasteiger partial charge on any atom is 0.244 e. The van der Waals surface area contributed by atoms with Gasteiger partial charge in [0.05, 0.1) is 11.9 Å². The number of hydrogen-bond donors (Lipinski definition) is 1. The highest BCUT2D eigenvalue weighted by Crippen LogP contribution is 2.23. The fraction of sp³-hybridized carbons (Fsp3) is 0.333. The van der Waals surface area contributed by atoms with E-state index in [1.807, 2.05) is 67.6 Å². The molecule has 0 heterocycles. The molecule has 3 rings (SSSR count). The molecular formula is C30H37N3O5S. The molecule has 0 radical (unpaired) electrons. The molecule has 0 saturated carbocycles. The van der Waals surface area contributed by atoms with E-state index < -0.39 is 28.5 Å². The summed E-state index contributed by atoms with van der Waals surface area (Å²) in [6.07, 6.45) is 2.82. The summed E-state index contributed by atoms with van der Waals surface area (Å²) in [6, 6.07) is 24.8. The van der Waals surface area contributed by atoms with E-state index in [-0.39, 0.29) is 12.5 Å². The molecule has 0 spiro atoms. The van der Waals surface area contributed by atoms with Crippen LogP contribution in [0.3, 0.4) is 0 Å². The average molecular weight is 552 g/mol. The summed E-state index contributed by atoms with van der Waals surface area (Å²) in [4.78, 5) is 27.9. The molecule has 39 heavy (non-hydrogen) atoms. The van der Waals surface area contributed by atoms with Gasteiger partial charge in [0.2, 0.25) is 21.8 Å². The van der Waals surface area contributed by atoms with Crippen LogP contribution in [-0.2, 0) is 32.8 Å². The lowest BCUT2D eigenvalue weighted by atomic mass is 10.1. The van der Waals surface area contributed by atoms with Crippen LogP contribution in [0.2, 0.25) is 0 Å². The van der Waals surface area contributed by atoms with Gasteiger partial charge in [0.15, 0.2) is 0 Å². The number of nitrogens with one attached hydrogen (secondary N) is 1. The van der Waals surface area contributed by atoms with Crippen molar-refractivity contribution in [2.24, 2.45) is 0 Å². The minimum absolute atomic E-state index is 0.173. The zero-order valence-corrected chi connectivity index (χ0v) is 23.6. The Kier molecular flexibility index (Phi) is 10.9. The van der Waals surface area contributed by atoms with E-state index in [0.717, 1.165) is 34.5 Å². The fourth-order valence-electron chi connectivity index (χ4n) is 3.96. The van der Waals surface area contributed by atoms with Gasteiger partial charge in [0, 0.05) is 13.1 Å². The van der Waals surface area contributed by atoms with Crippen molar-refractivity contribution in [2.45, 2.75) is 45.9 Å². The number of nitrogens with zero attached hydrogens (tertiary/aromatic N) is 2. The molecule has 0 aliphatic carbocycles. The van der Waals surface area contributed by atoms with Gasteiger partial charge in [0.25, 0.3) is 0 Å². The number of benzene rings is 3. The highest BCUT2D eigenvalue weighted by Gasteiger charge is 2.30. The molecular weight excluding hydrogens is 514 g/mol. The van der Waals surface area contributed by atoms with E-state index in [0.29, 0.717) is 24.6 Å². The molecule has 0 saturated heterocycles. The molecule has 3 aromatic rings. The monoisotopic (exact) mass is 551 g/mol. The molecule has 2 amide bonds. The van der Waals surface area contributed by atoms with Gasteiger partial charge in [-0.1, -0.05) is 74.0 Å². The zero-order chi connectivity index (χ0) is 28.3. The Morgan fingerprint density at radius 3 is 2.05 bits per heavy atom. The molecule has 1 unspecified atom stereocenters. The first-order chi connectivity index (χ1) is 18.7. The van der Waals surface area contributed by atoms with Crippen molar-refractivity contribution in [2.75, 3.05) is 23.7 Å². The highest BCUT2D eigenvalue weighted by atomic mass is 32.2. The van der Waals surface area contributed by atoms with Crippen molar-refractivity contribution in [3.05, 3.63) is 96.1 Å². The Morgan fingerprint density at radius 2 is 1.49 bits per heavy atom. The van der Waals surface area contributed by atoms with Crippen molar-refractivity contribution in [1.82, 2.24) is 10.2 Å². The number of sulfonamides is 1. The van der Waals surface area contributed by atoms with E-state index in [1.54, 1.807) is 31.2 Å². The van der Waals surface area contributed by atoms with Gasteiger partial charge >= 0.3 is 0 Å². The Labute approximate surface area is 231 Å². The molecule has 9 heteroatoms. The quantitative estimate of drug-likeness (QED) is 0.300. The number of carbonyl (C=O) groups is 2. The number of carbonyl (C=O) groups excluding carboxylic acids is 2. The van der Waals surface area contributed by atoms with Crippen LogP contribution in [-0.4, -0.2) is 50.5 Å². The maximum absolute atomic E-state index is 13.6. The summed E-state index contributed by atoms with van der Waals surface area (Å²) in [5, 5.41) is 2.87. The average Bonchev–Trinajstić information content (AvgIpc) is 2.94. The molecule has 0 bridgehead atoms. The molecule has 1 atom stereocenters. The van der Waals surface area contributed by atoms with Crippen molar-refractivity contribution < 1.29 is 22.7 Å². The number of anilines is 1. The Hall–Kier alpha value is -3.85. The summed E-state index contributed by atoms with van der Waals surface area (Å²) >= 11 is 0. The van der Waals surface area contributed by atoms with Gasteiger partial charge in [-0.15, -0.1) is 0 Å². The lowest BCUT2D eigenvalue weighted by Crippen LogP contribution is -2.51. The lowest BCUT2D eigenvalue weighted by Gasteiger charge is -2.31. The van der Waals surface area contributed by atoms with Crippen LogP contribution < -0.4 is 14.4 Å². The molecule has 0 aromatic heterocycles. The Balaban J connectivity index is 1.78. The SMILES string of the molecule is CCCCNC(=O)C(C)N(Cc1ccccc1)C(=O)CN(c1ccc(OCc2ccccc2)cc1)S(C)(=O)=O. The number of ether oxygens (including phenoxy) is 1. The first-order valence-electron chi connectivity index (χ1n) is 13.0. The molecule has 1 N–H and O–H groups in total. The molecule has 0 aliphatic heterocycles. The third-order valence-electron chi connectivity index (χ3n) is 6.24. The van der Waals surface area contributed by atoms with Gasteiger partial charge in [-0.05, 0) is 48.7 Å². The first kappa shape index (κ1) is 29.7. The standard InChI is InChI=1S/C30H37N3O5S/c1-4-5-20-31-30(35)24(2)32(21-25-12-8-6-9-13-25)29(34)22-33(39(3,36)37)27-16-18-28(19-17-27)38-23-26-14-10-7-11-15-26/h6-19,24H,4-5,20-23H2,1-3H3,(H,31,35). The predicted molar refractivity (Wildman–Crippen MR) is 154 cm³/mol. The third kappa shape index (κ3) is 9.14. The molecule has 8 nitrogen and oxygen atoms in total. The second-order valence-electron chi connectivity index (χ2n) is 9.37. The van der Waals surface area contributed by atoms with Crippen molar-refractivity contribution >= 4 is 27.5 Å². The molecule has 3 aromatic carbocycles. The summed E-state index contributed by atoms with van der Waals surface area (Å²) in [5.74, 6) is -0.184. The minimum atomic E-state index is -3.81. The molecule has 0 aliphatic rings. The number of unbranched alkanes of at least 4 members (excludes halogenated alkanes) is 1. The van der Waals surface area contributed by atoms with Crippen molar-refractivity contribution in [1.29, 1.82) is 0 Å². The maximum atomic E-state index is 13.6.